The first-order chi connectivity index (χ1) is 17.9. The lowest BCUT2D eigenvalue weighted by Gasteiger charge is -2.17. The summed E-state index contributed by atoms with van der Waals surface area (Å²) in [6, 6.07) is 20.5. The number of benzene rings is 3. The van der Waals surface area contributed by atoms with E-state index in [-0.39, 0.29) is 18.7 Å². The fourth-order valence-electron chi connectivity index (χ4n) is 3.79. The summed E-state index contributed by atoms with van der Waals surface area (Å²) in [6.07, 6.45) is 2.53. The molecule has 0 fully saturated rings. The Labute approximate surface area is 212 Å². The number of para-hydroxylation sites is 1. The molecule has 0 aliphatic carbocycles. The number of fused-ring (bicyclic) bond motifs is 1. The van der Waals surface area contributed by atoms with Crippen LogP contribution in [-0.2, 0) is 22.6 Å². The van der Waals surface area contributed by atoms with E-state index in [1.807, 2.05) is 54.6 Å². The summed E-state index contributed by atoms with van der Waals surface area (Å²) in [7, 11) is 0. The van der Waals surface area contributed by atoms with Crippen LogP contribution in [0.4, 0.5) is 10.5 Å². The number of alkyl carbamates (subject to hydrolysis) is 1. The number of rotatable bonds is 9. The maximum atomic E-state index is 13.0. The van der Waals surface area contributed by atoms with E-state index < -0.39 is 23.0 Å². The summed E-state index contributed by atoms with van der Waals surface area (Å²) >= 11 is 0. The Balaban J connectivity index is 1.47. The topological polar surface area (TPSA) is 139 Å². The average Bonchev–Trinajstić information content (AvgIpc) is 3.31. The number of aromatic nitrogens is 1. The van der Waals surface area contributed by atoms with Gasteiger partial charge >= 0.3 is 6.09 Å². The van der Waals surface area contributed by atoms with Crippen LogP contribution >= 0.6 is 0 Å². The molecule has 2 amide bonds. The van der Waals surface area contributed by atoms with E-state index in [9.17, 15) is 19.7 Å². The first-order valence-corrected chi connectivity index (χ1v) is 11.5. The van der Waals surface area contributed by atoms with Crippen LogP contribution in [0.25, 0.3) is 10.9 Å². The second-order valence-electron chi connectivity index (χ2n) is 8.36. The molecule has 1 aromatic heterocycles. The van der Waals surface area contributed by atoms with Crippen LogP contribution in [-0.4, -0.2) is 34.2 Å². The zero-order valence-electron chi connectivity index (χ0n) is 20.0. The highest BCUT2D eigenvalue weighted by Crippen LogP contribution is 2.20. The molecule has 0 aliphatic heterocycles. The molecule has 10 nitrogen and oxygen atoms in total. The number of aryl methyl sites for hydroxylation is 1. The van der Waals surface area contributed by atoms with Crippen LogP contribution in [0, 0.1) is 17.0 Å². The molecule has 0 spiro atoms. The molecule has 1 atom stereocenters. The number of hydrogen-bond acceptors (Lipinski definition) is 6. The van der Waals surface area contributed by atoms with Gasteiger partial charge in [0.1, 0.15) is 12.6 Å². The van der Waals surface area contributed by atoms with Gasteiger partial charge in [0, 0.05) is 40.7 Å². The molecule has 0 saturated carbocycles. The molecule has 3 N–H and O–H groups in total. The fraction of sp³-hybridized carbons (Fsp3) is 0.148. The van der Waals surface area contributed by atoms with E-state index >= 15 is 0 Å². The van der Waals surface area contributed by atoms with Crippen molar-refractivity contribution in [3.8, 4) is 0 Å². The van der Waals surface area contributed by atoms with Crippen molar-refractivity contribution < 1.29 is 19.2 Å². The third-order valence-corrected chi connectivity index (χ3v) is 5.74. The molecule has 0 bridgehead atoms. The van der Waals surface area contributed by atoms with Crippen molar-refractivity contribution in [2.75, 3.05) is 0 Å². The molecular formula is C27H25N5O5. The zero-order chi connectivity index (χ0) is 26.2. The Bertz CT molecular complexity index is 1450. The Kier molecular flexibility index (Phi) is 7.89. The van der Waals surface area contributed by atoms with Crippen LogP contribution in [0.15, 0.2) is 84.1 Å². The summed E-state index contributed by atoms with van der Waals surface area (Å²) in [5, 5.41) is 18.7. The summed E-state index contributed by atoms with van der Waals surface area (Å²) in [5.41, 5.74) is 5.88. The largest absolute Gasteiger partial charge is 0.445 e. The number of nitrogens with one attached hydrogen (secondary N) is 3. The number of nitro groups is 1. The van der Waals surface area contributed by atoms with Gasteiger partial charge in [0.15, 0.2) is 0 Å². The highest BCUT2D eigenvalue weighted by Gasteiger charge is 2.23. The van der Waals surface area contributed by atoms with Gasteiger partial charge in [-0.15, -0.1) is 0 Å². The average molecular weight is 500 g/mol. The van der Waals surface area contributed by atoms with Crippen molar-refractivity contribution in [3.63, 3.8) is 0 Å². The van der Waals surface area contributed by atoms with Gasteiger partial charge in [-0.2, -0.15) is 5.10 Å². The number of hydrazone groups is 1. The summed E-state index contributed by atoms with van der Waals surface area (Å²) in [5.74, 6) is -0.570. The van der Waals surface area contributed by atoms with Crippen molar-refractivity contribution in [3.05, 3.63) is 111 Å². The normalized spacial score (nSPS) is 11.8. The predicted octanol–water partition coefficient (Wildman–Crippen LogP) is 4.37. The second kappa shape index (κ2) is 11.6. The smallest absolute Gasteiger partial charge is 0.408 e. The minimum Gasteiger partial charge on any atom is -0.445 e. The van der Waals surface area contributed by atoms with Gasteiger partial charge < -0.3 is 15.0 Å². The lowest BCUT2D eigenvalue weighted by Crippen LogP contribution is -2.47. The van der Waals surface area contributed by atoms with E-state index in [1.54, 1.807) is 25.3 Å². The van der Waals surface area contributed by atoms with Crippen LogP contribution < -0.4 is 10.7 Å². The number of nitrogens with zero attached hydrogens (tertiary/aromatic N) is 2. The monoisotopic (exact) mass is 499 g/mol. The third kappa shape index (κ3) is 6.57. The van der Waals surface area contributed by atoms with Crippen molar-refractivity contribution in [2.24, 2.45) is 5.10 Å². The maximum Gasteiger partial charge on any atom is 0.408 e. The van der Waals surface area contributed by atoms with Gasteiger partial charge in [0.25, 0.3) is 11.6 Å². The number of carbonyl (C=O) groups is 2. The van der Waals surface area contributed by atoms with Gasteiger partial charge in [0.2, 0.25) is 0 Å². The Morgan fingerprint density at radius 3 is 2.65 bits per heavy atom. The molecular weight excluding hydrogens is 474 g/mol. The number of H-pyrrole nitrogens is 1. The summed E-state index contributed by atoms with van der Waals surface area (Å²) < 4.78 is 5.30. The van der Waals surface area contributed by atoms with Gasteiger partial charge in [-0.05, 0) is 24.1 Å². The van der Waals surface area contributed by atoms with E-state index in [0.717, 1.165) is 22.0 Å². The molecule has 0 aliphatic rings. The third-order valence-electron chi connectivity index (χ3n) is 5.74. The number of nitro benzene ring substituents is 1. The molecule has 0 saturated heterocycles. The fourth-order valence-corrected chi connectivity index (χ4v) is 3.79. The molecule has 10 heteroatoms. The van der Waals surface area contributed by atoms with Crippen molar-refractivity contribution in [1.82, 2.24) is 15.7 Å². The first-order valence-electron chi connectivity index (χ1n) is 11.5. The number of amides is 2. The SMILES string of the molecule is Cc1ccc(/C=N\NC(=O)[C@H](Cc2c[nH]c3ccccc23)NC(=O)OCc2ccccc2)cc1[N+](=O)[O-]. The summed E-state index contributed by atoms with van der Waals surface area (Å²) in [4.78, 5) is 39.4. The van der Waals surface area contributed by atoms with Crippen LogP contribution in [0.2, 0.25) is 0 Å². The molecule has 4 aromatic rings. The molecule has 0 unspecified atom stereocenters. The van der Waals surface area contributed by atoms with E-state index in [1.165, 1.54) is 12.3 Å². The van der Waals surface area contributed by atoms with Crippen molar-refractivity contribution in [2.45, 2.75) is 26.0 Å². The van der Waals surface area contributed by atoms with Gasteiger partial charge in [-0.3, -0.25) is 14.9 Å². The number of hydrogen-bond donors (Lipinski definition) is 3. The van der Waals surface area contributed by atoms with Crippen LogP contribution in [0.1, 0.15) is 22.3 Å². The second-order valence-corrected chi connectivity index (χ2v) is 8.36. The molecule has 37 heavy (non-hydrogen) atoms. The van der Waals surface area contributed by atoms with Crippen molar-refractivity contribution in [1.29, 1.82) is 0 Å². The Morgan fingerprint density at radius 2 is 1.86 bits per heavy atom. The lowest BCUT2D eigenvalue weighted by molar-refractivity contribution is -0.385. The molecule has 188 valence electrons. The van der Waals surface area contributed by atoms with Crippen LogP contribution in [0.5, 0.6) is 0 Å². The summed E-state index contributed by atoms with van der Waals surface area (Å²) in [6.45, 7) is 1.69. The maximum absolute atomic E-state index is 13.0. The standard InChI is InChI=1S/C27H25N5O5/c1-18-11-12-20(13-25(18)32(35)36)15-29-31-26(33)24(14-21-16-28-23-10-6-5-9-22(21)23)30-27(34)37-17-19-7-3-2-4-8-19/h2-13,15-16,24,28H,14,17H2,1H3,(H,30,34)(H,31,33)/b29-15-/t24-/m0/s1. The highest BCUT2D eigenvalue weighted by atomic mass is 16.6. The number of ether oxygens (including phenoxy) is 1. The quantitative estimate of drug-likeness (QED) is 0.178. The van der Waals surface area contributed by atoms with Crippen LogP contribution in [0.3, 0.4) is 0 Å². The molecule has 3 aromatic carbocycles. The van der Waals surface area contributed by atoms with Gasteiger partial charge in [-0.1, -0.05) is 60.7 Å². The minimum absolute atomic E-state index is 0.0460. The minimum atomic E-state index is -0.994. The lowest BCUT2D eigenvalue weighted by atomic mass is 10.0. The zero-order valence-corrected chi connectivity index (χ0v) is 20.0. The molecule has 0 radical (unpaired) electrons. The van der Waals surface area contributed by atoms with Gasteiger partial charge in [-0.25, -0.2) is 10.2 Å². The highest BCUT2D eigenvalue weighted by molar-refractivity contribution is 5.89. The van der Waals surface area contributed by atoms with Crippen molar-refractivity contribution >= 4 is 34.8 Å². The van der Waals surface area contributed by atoms with E-state index in [2.05, 4.69) is 20.8 Å². The number of carbonyl (C=O) groups excluding carboxylic acids is 2. The number of aromatic amines is 1. The molecule has 1 heterocycles. The Hall–Kier alpha value is -4.99. The van der Waals surface area contributed by atoms with E-state index in [0.29, 0.717) is 11.1 Å². The Morgan fingerprint density at radius 1 is 1.11 bits per heavy atom. The molecule has 4 rings (SSSR count). The van der Waals surface area contributed by atoms with Gasteiger partial charge in [0.05, 0.1) is 11.1 Å². The predicted molar refractivity (Wildman–Crippen MR) is 139 cm³/mol. The van der Waals surface area contributed by atoms with E-state index in [4.69, 9.17) is 4.74 Å². The first kappa shape index (κ1) is 25.1.